The summed E-state index contributed by atoms with van der Waals surface area (Å²) in [5.74, 6) is 0.144. The van der Waals surface area contributed by atoms with Crippen molar-refractivity contribution in [3.63, 3.8) is 0 Å². The molecule has 1 N–H and O–H groups in total. The molecule has 1 saturated carbocycles. The fourth-order valence-corrected chi connectivity index (χ4v) is 5.47. The number of ether oxygens (including phenoxy) is 1. The number of nitrogens with zero attached hydrogens (tertiary/aromatic N) is 3. The smallest absolute Gasteiger partial charge is 0.381 e. The first-order chi connectivity index (χ1) is 16.5. The molecule has 3 aliphatic rings. The standard InChI is InChI=1S/C25H31F3N4O/c1-15-3-4-16(2)21(7-15)23-10-22(25(26,27)28)24(31-30-23)29-20-8-18-12-32(13-19(18)9-20)11-17-5-6-33-14-17/h3-4,7,10,17-20H,5-6,8-9,11-14H2,1-2H3,(H,29,31)/t17-,18-,19+,20?/m1/s1/i11D2. The zero-order valence-electron chi connectivity index (χ0n) is 21.0. The fraction of sp³-hybridized carbons (Fsp3) is 0.600. The lowest BCUT2D eigenvalue weighted by atomic mass is 10.0. The van der Waals surface area contributed by atoms with Crippen LogP contribution in [0.25, 0.3) is 11.3 Å². The Labute approximate surface area is 195 Å². The minimum absolute atomic E-state index is 0.129. The molecule has 33 heavy (non-hydrogen) atoms. The highest BCUT2D eigenvalue weighted by atomic mass is 19.4. The zero-order chi connectivity index (χ0) is 25.0. The summed E-state index contributed by atoms with van der Waals surface area (Å²) in [6.45, 7) is 4.61. The average Bonchev–Trinajstić information content (AvgIpc) is 3.52. The van der Waals surface area contributed by atoms with Gasteiger partial charge in [-0.05, 0) is 68.6 Å². The predicted molar refractivity (Wildman–Crippen MR) is 121 cm³/mol. The lowest BCUT2D eigenvalue weighted by Crippen LogP contribution is -2.30. The van der Waals surface area contributed by atoms with Gasteiger partial charge in [0.15, 0.2) is 5.82 Å². The van der Waals surface area contributed by atoms with E-state index in [1.807, 2.05) is 36.9 Å². The second-order valence-electron chi connectivity index (χ2n) is 9.74. The molecular formula is C25H31F3N4O. The first-order valence-electron chi connectivity index (χ1n) is 12.6. The van der Waals surface area contributed by atoms with Gasteiger partial charge in [-0.3, -0.25) is 0 Å². The quantitative estimate of drug-likeness (QED) is 0.682. The van der Waals surface area contributed by atoms with Gasteiger partial charge in [-0.25, -0.2) is 0 Å². The van der Waals surface area contributed by atoms with Gasteiger partial charge in [0.25, 0.3) is 0 Å². The van der Waals surface area contributed by atoms with Crippen molar-refractivity contribution < 1.29 is 20.6 Å². The maximum atomic E-state index is 14.0. The third-order valence-electron chi connectivity index (χ3n) is 7.16. The van der Waals surface area contributed by atoms with Gasteiger partial charge in [0.05, 0.1) is 12.3 Å². The summed E-state index contributed by atoms with van der Waals surface area (Å²) < 4.78 is 64.6. The van der Waals surface area contributed by atoms with Gasteiger partial charge < -0.3 is 15.0 Å². The van der Waals surface area contributed by atoms with Crippen LogP contribution in [-0.2, 0) is 10.9 Å². The molecule has 2 saturated heterocycles. The number of aromatic nitrogens is 2. The summed E-state index contributed by atoms with van der Waals surface area (Å²) in [7, 11) is 0. The summed E-state index contributed by atoms with van der Waals surface area (Å²) in [5.41, 5.74) is 1.84. The Kier molecular flexibility index (Phi) is 5.43. The van der Waals surface area contributed by atoms with Crippen LogP contribution in [0.15, 0.2) is 24.3 Å². The van der Waals surface area contributed by atoms with Crippen LogP contribution in [0, 0.1) is 31.6 Å². The number of halogens is 3. The van der Waals surface area contributed by atoms with Gasteiger partial charge in [0.2, 0.25) is 0 Å². The molecule has 2 aliphatic heterocycles. The van der Waals surface area contributed by atoms with Crippen molar-refractivity contribution in [1.82, 2.24) is 15.1 Å². The van der Waals surface area contributed by atoms with Gasteiger partial charge in [-0.15, -0.1) is 10.2 Å². The number of hydrogen-bond donors (Lipinski definition) is 1. The molecular weight excluding hydrogens is 429 g/mol. The SMILES string of the molecule is [2H]C([2H])([C@H]1CCOC1)N1C[C@H]2CC(Nc3nnc(-c4cc(C)ccc4C)cc3C(F)(F)F)C[C@H]2C1. The molecule has 178 valence electrons. The van der Waals surface area contributed by atoms with Gasteiger partial charge in [-0.2, -0.15) is 13.2 Å². The van der Waals surface area contributed by atoms with Crippen LogP contribution in [0.3, 0.4) is 0 Å². The van der Waals surface area contributed by atoms with E-state index >= 15 is 0 Å². The van der Waals surface area contributed by atoms with E-state index in [1.165, 1.54) is 0 Å². The summed E-state index contributed by atoms with van der Waals surface area (Å²) in [6.07, 6.45) is -2.46. The highest BCUT2D eigenvalue weighted by Crippen LogP contribution is 2.42. The second-order valence-corrected chi connectivity index (χ2v) is 9.74. The minimum Gasteiger partial charge on any atom is -0.381 e. The van der Waals surface area contributed by atoms with Crippen LogP contribution < -0.4 is 5.32 Å². The molecule has 5 nitrogen and oxygen atoms in total. The molecule has 1 aliphatic carbocycles. The summed E-state index contributed by atoms with van der Waals surface area (Å²) in [6, 6.07) is 6.56. The summed E-state index contributed by atoms with van der Waals surface area (Å²) >= 11 is 0. The Morgan fingerprint density at radius 2 is 1.91 bits per heavy atom. The molecule has 3 fully saturated rings. The highest BCUT2D eigenvalue weighted by Gasteiger charge is 2.43. The molecule has 1 aromatic heterocycles. The lowest BCUT2D eigenvalue weighted by Gasteiger charge is -2.23. The van der Waals surface area contributed by atoms with Gasteiger partial charge >= 0.3 is 6.18 Å². The molecule has 4 atom stereocenters. The Morgan fingerprint density at radius 3 is 2.58 bits per heavy atom. The van der Waals surface area contributed by atoms with Crippen molar-refractivity contribution in [3.8, 4) is 11.3 Å². The number of aryl methyl sites for hydroxylation is 2. The largest absolute Gasteiger partial charge is 0.420 e. The van der Waals surface area contributed by atoms with E-state index in [1.54, 1.807) is 0 Å². The van der Waals surface area contributed by atoms with Crippen LogP contribution in [0.2, 0.25) is 0 Å². The number of fused-ring (bicyclic) bond motifs is 1. The number of hydrogen-bond acceptors (Lipinski definition) is 5. The van der Waals surface area contributed by atoms with Gasteiger partial charge in [0, 0.05) is 40.5 Å². The number of rotatable bonds is 5. The zero-order valence-corrected chi connectivity index (χ0v) is 19.0. The lowest BCUT2D eigenvalue weighted by molar-refractivity contribution is -0.137. The number of benzene rings is 1. The van der Waals surface area contributed by atoms with Crippen molar-refractivity contribution >= 4 is 5.82 Å². The molecule has 0 radical (unpaired) electrons. The first-order valence-corrected chi connectivity index (χ1v) is 11.6. The van der Waals surface area contributed by atoms with E-state index in [2.05, 4.69) is 15.5 Å². The van der Waals surface area contributed by atoms with E-state index in [4.69, 9.17) is 7.48 Å². The Balaban J connectivity index is 1.30. The number of alkyl halides is 3. The second kappa shape index (κ2) is 8.87. The Hall–Kier alpha value is -2.19. The van der Waals surface area contributed by atoms with Crippen molar-refractivity contribution in [2.24, 2.45) is 17.8 Å². The first kappa shape index (κ1) is 20.2. The Morgan fingerprint density at radius 1 is 1.15 bits per heavy atom. The van der Waals surface area contributed by atoms with Crippen molar-refractivity contribution in [2.75, 3.05) is 38.1 Å². The van der Waals surface area contributed by atoms with Crippen molar-refractivity contribution in [1.29, 1.82) is 0 Å². The van der Waals surface area contributed by atoms with Crippen LogP contribution in [0.1, 0.15) is 38.7 Å². The molecule has 5 rings (SSSR count). The molecule has 0 bridgehead atoms. The summed E-state index contributed by atoms with van der Waals surface area (Å²) in [4.78, 5) is 1.91. The summed E-state index contributed by atoms with van der Waals surface area (Å²) in [5, 5.41) is 11.2. The number of nitrogens with one attached hydrogen (secondary N) is 1. The molecule has 8 heteroatoms. The molecule has 0 amide bonds. The van der Waals surface area contributed by atoms with Crippen molar-refractivity contribution in [2.45, 2.75) is 45.3 Å². The Bertz CT molecular complexity index is 1080. The molecule has 0 spiro atoms. The van der Waals surface area contributed by atoms with E-state index < -0.39 is 18.2 Å². The fourth-order valence-electron chi connectivity index (χ4n) is 5.47. The third kappa shape index (κ3) is 4.87. The van der Waals surface area contributed by atoms with Crippen LogP contribution in [0.5, 0.6) is 0 Å². The van der Waals surface area contributed by atoms with Crippen LogP contribution >= 0.6 is 0 Å². The molecule has 1 unspecified atom stereocenters. The minimum atomic E-state index is -4.56. The third-order valence-corrected chi connectivity index (χ3v) is 7.16. The molecule has 2 aromatic rings. The van der Waals surface area contributed by atoms with E-state index in [-0.39, 0.29) is 35.3 Å². The maximum absolute atomic E-state index is 14.0. The van der Waals surface area contributed by atoms with Crippen LogP contribution in [0.4, 0.5) is 19.0 Å². The average molecular weight is 463 g/mol. The molecule has 1 aromatic carbocycles. The van der Waals surface area contributed by atoms with E-state index in [0.29, 0.717) is 44.7 Å². The molecule has 3 heterocycles. The number of anilines is 1. The van der Waals surface area contributed by atoms with E-state index in [0.717, 1.165) is 23.6 Å². The highest BCUT2D eigenvalue weighted by molar-refractivity contribution is 5.66. The van der Waals surface area contributed by atoms with Gasteiger partial charge in [-0.1, -0.05) is 17.7 Å². The van der Waals surface area contributed by atoms with Gasteiger partial charge in [0.1, 0.15) is 5.56 Å². The van der Waals surface area contributed by atoms with E-state index in [9.17, 15) is 13.2 Å². The van der Waals surface area contributed by atoms with Crippen LogP contribution in [-0.4, -0.2) is 53.9 Å². The topological polar surface area (TPSA) is 50.3 Å². The normalized spacial score (nSPS) is 29.1. The monoisotopic (exact) mass is 462 g/mol. The predicted octanol–water partition coefficient (Wildman–Crippen LogP) is 4.94. The van der Waals surface area contributed by atoms with Crippen molar-refractivity contribution in [3.05, 3.63) is 41.0 Å². The maximum Gasteiger partial charge on any atom is 0.420 e. The number of likely N-dealkylation sites (tertiary alicyclic amines) is 1.